The molecule has 0 atom stereocenters. The van der Waals surface area contributed by atoms with Crippen LogP contribution in [0.4, 0.5) is 5.69 Å². The van der Waals surface area contributed by atoms with E-state index in [-0.39, 0.29) is 12.3 Å². The lowest BCUT2D eigenvalue weighted by Gasteiger charge is -2.08. The summed E-state index contributed by atoms with van der Waals surface area (Å²) in [6.07, 6.45) is 1.27. The van der Waals surface area contributed by atoms with Crippen molar-refractivity contribution in [2.45, 2.75) is 26.2 Å². The molecule has 0 radical (unpaired) electrons. The second-order valence-electron chi connectivity index (χ2n) is 6.09. The van der Waals surface area contributed by atoms with Crippen molar-refractivity contribution in [3.63, 3.8) is 0 Å². The highest BCUT2D eigenvalue weighted by molar-refractivity contribution is 6.04. The lowest BCUT2D eigenvalue weighted by atomic mass is 10.0. The fourth-order valence-corrected chi connectivity index (χ4v) is 3.23. The average molecular weight is 336 g/mol. The Labute approximate surface area is 145 Å². The molecule has 1 heterocycles. The molecule has 0 spiro atoms. The van der Waals surface area contributed by atoms with Gasteiger partial charge in [-0.3, -0.25) is 14.2 Å². The quantitative estimate of drug-likeness (QED) is 0.697. The van der Waals surface area contributed by atoms with Gasteiger partial charge in [-0.2, -0.15) is 0 Å². The molecular weight excluding hydrogens is 316 g/mol. The number of benzene rings is 2. The third kappa shape index (κ3) is 3.26. The first kappa shape index (κ1) is 16.8. The number of nitrogens with two attached hydrogens (primary N) is 1. The first-order valence-corrected chi connectivity index (χ1v) is 8.20. The molecule has 0 saturated heterocycles. The van der Waals surface area contributed by atoms with Gasteiger partial charge in [-0.05, 0) is 49.6 Å². The van der Waals surface area contributed by atoms with E-state index in [1.54, 1.807) is 28.8 Å². The molecule has 5 nitrogen and oxygen atoms in total. The van der Waals surface area contributed by atoms with E-state index >= 15 is 0 Å². The third-order valence-corrected chi connectivity index (χ3v) is 4.40. The smallest absolute Gasteiger partial charge is 0.303 e. The van der Waals surface area contributed by atoms with Crippen molar-refractivity contribution in [3.8, 4) is 0 Å². The standard InChI is InChI=1S/C20H20N2O3/c1-13-16(9-5-11-19(23)24)17-8-2-3-10-18(17)22(13)20(25)14-6-4-7-15(21)12-14/h2-4,6-8,10,12H,5,9,11,21H2,1H3,(H,23,24). The molecule has 128 valence electrons. The fourth-order valence-electron chi connectivity index (χ4n) is 3.23. The Hall–Kier alpha value is -3.08. The van der Waals surface area contributed by atoms with Gasteiger partial charge in [0, 0.05) is 28.8 Å². The molecule has 3 rings (SSSR count). The van der Waals surface area contributed by atoms with Crippen LogP contribution in [0.25, 0.3) is 10.9 Å². The molecule has 25 heavy (non-hydrogen) atoms. The van der Waals surface area contributed by atoms with Crippen molar-refractivity contribution in [1.82, 2.24) is 4.57 Å². The van der Waals surface area contributed by atoms with Crippen molar-refractivity contribution < 1.29 is 14.7 Å². The zero-order valence-electron chi connectivity index (χ0n) is 14.0. The van der Waals surface area contributed by atoms with Crippen LogP contribution in [0.1, 0.15) is 34.5 Å². The predicted molar refractivity (Wildman–Crippen MR) is 97.8 cm³/mol. The summed E-state index contributed by atoms with van der Waals surface area (Å²) in [4.78, 5) is 23.8. The van der Waals surface area contributed by atoms with Crippen LogP contribution in [0, 0.1) is 6.92 Å². The van der Waals surface area contributed by atoms with Crippen LogP contribution in [0.3, 0.4) is 0 Å². The number of anilines is 1. The molecule has 0 saturated carbocycles. The van der Waals surface area contributed by atoms with Gasteiger partial charge in [-0.1, -0.05) is 24.3 Å². The summed E-state index contributed by atoms with van der Waals surface area (Å²) < 4.78 is 1.69. The minimum absolute atomic E-state index is 0.113. The number of hydrogen-bond acceptors (Lipinski definition) is 3. The number of carbonyl (C=O) groups excluding carboxylic acids is 1. The molecule has 3 N–H and O–H groups in total. The van der Waals surface area contributed by atoms with E-state index in [1.807, 2.05) is 31.2 Å². The summed E-state index contributed by atoms with van der Waals surface area (Å²) in [5.41, 5.74) is 9.58. The molecular formula is C20H20N2O3. The van der Waals surface area contributed by atoms with Crippen LogP contribution in [0.5, 0.6) is 0 Å². The Morgan fingerprint density at radius 3 is 2.60 bits per heavy atom. The number of aryl methyl sites for hydroxylation is 1. The van der Waals surface area contributed by atoms with E-state index in [9.17, 15) is 9.59 Å². The van der Waals surface area contributed by atoms with Crippen LogP contribution >= 0.6 is 0 Å². The zero-order valence-corrected chi connectivity index (χ0v) is 14.0. The van der Waals surface area contributed by atoms with E-state index in [4.69, 9.17) is 10.8 Å². The maximum Gasteiger partial charge on any atom is 0.303 e. The van der Waals surface area contributed by atoms with Crippen molar-refractivity contribution in [2.24, 2.45) is 0 Å². The summed E-state index contributed by atoms with van der Waals surface area (Å²) in [6.45, 7) is 1.90. The maximum absolute atomic E-state index is 13.0. The number of fused-ring (bicyclic) bond motifs is 1. The number of nitrogen functional groups attached to an aromatic ring is 1. The Balaban J connectivity index is 2.07. The van der Waals surface area contributed by atoms with Gasteiger partial charge in [0.25, 0.3) is 5.91 Å². The zero-order chi connectivity index (χ0) is 18.0. The summed E-state index contributed by atoms with van der Waals surface area (Å²) in [5, 5.41) is 9.86. The number of carboxylic acid groups (broad SMARTS) is 1. The Morgan fingerprint density at radius 2 is 1.88 bits per heavy atom. The molecule has 0 aliphatic rings. The van der Waals surface area contributed by atoms with E-state index in [0.717, 1.165) is 22.2 Å². The molecule has 0 fully saturated rings. The van der Waals surface area contributed by atoms with Crippen molar-refractivity contribution in [1.29, 1.82) is 0 Å². The molecule has 0 aliphatic carbocycles. The van der Waals surface area contributed by atoms with Crippen LogP contribution in [0.15, 0.2) is 48.5 Å². The fraction of sp³-hybridized carbons (Fsp3) is 0.200. The molecule has 5 heteroatoms. The summed E-state index contributed by atoms with van der Waals surface area (Å²) in [5.74, 6) is -0.942. The number of aliphatic carboxylic acids is 1. The summed E-state index contributed by atoms with van der Waals surface area (Å²) in [7, 11) is 0. The number of para-hydroxylation sites is 1. The van der Waals surface area contributed by atoms with Crippen LogP contribution in [-0.4, -0.2) is 21.6 Å². The van der Waals surface area contributed by atoms with Crippen LogP contribution < -0.4 is 5.73 Å². The second kappa shape index (κ2) is 6.81. The first-order valence-electron chi connectivity index (χ1n) is 8.20. The Kier molecular flexibility index (Phi) is 4.57. The predicted octanol–water partition coefficient (Wildman–Crippen LogP) is 3.63. The van der Waals surface area contributed by atoms with Crippen molar-refractivity contribution in [2.75, 3.05) is 5.73 Å². The normalized spacial score (nSPS) is 10.9. The largest absolute Gasteiger partial charge is 0.481 e. The SMILES string of the molecule is Cc1c(CCCC(=O)O)c2ccccc2n1C(=O)c1cccc(N)c1. The van der Waals surface area contributed by atoms with E-state index in [1.165, 1.54) is 0 Å². The van der Waals surface area contributed by atoms with E-state index < -0.39 is 5.97 Å². The minimum Gasteiger partial charge on any atom is -0.481 e. The molecule has 0 aliphatic heterocycles. The van der Waals surface area contributed by atoms with E-state index in [0.29, 0.717) is 24.1 Å². The topological polar surface area (TPSA) is 85.3 Å². The Morgan fingerprint density at radius 1 is 1.12 bits per heavy atom. The molecule has 0 bridgehead atoms. The van der Waals surface area contributed by atoms with Gasteiger partial charge in [0.15, 0.2) is 0 Å². The van der Waals surface area contributed by atoms with Crippen molar-refractivity contribution in [3.05, 3.63) is 65.4 Å². The summed E-state index contributed by atoms with van der Waals surface area (Å²) >= 11 is 0. The number of carbonyl (C=O) groups is 2. The van der Waals surface area contributed by atoms with Gasteiger partial charge in [0.1, 0.15) is 0 Å². The van der Waals surface area contributed by atoms with Gasteiger partial charge >= 0.3 is 5.97 Å². The average Bonchev–Trinajstić information content (AvgIpc) is 2.86. The van der Waals surface area contributed by atoms with Gasteiger partial charge in [-0.25, -0.2) is 0 Å². The van der Waals surface area contributed by atoms with Gasteiger partial charge in [0.05, 0.1) is 5.52 Å². The maximum atomic E-state index is 13.0. The van der Waals surface area contributed by atoms with Gasteiger partial charge in [-0.15, -0.1) is 0 Å². The lowest BCUT2D eigenvalue weighted by molar-refractivity contribution is -0.137. The summed E-state index contributed by atoms with van der Waals surface area (Å²) in [6, 6.07) is 14.6. The number of nitrogens with zero attached hydrogens (tertiary/aromatic N) is 1. The third-order valence-electron chi connectivity index (χ3n) is 4.40. The van der Waals surface area contributed by atoms with Gasteiger partial charge in [0.2, 0.25) is 0 Å². The number of rotatable bonds is 5. The molecule has 1 aromatic heterocycles. The second-order valence-corrected chi connectivity index (χ2v) is 6.09. The highest BCUT2D eigenvalue weighted by atomic mass is 16.4. The Bertz CT molecular complexity index is 957. The van der Waals surface area contributed by atoms with Crippen LogP contribution in [0.2, 0.25) is 0 Å². The molecule has 0 unspecified atom stereocenters. The monoisotopic (exact) mass is 336 g/mol. The van der Waals surface area contributed by atoms with Crippen LogP contribution in [-0.2, 0) is 11.2 Å². The highest BCUT2D eigenvalue weighted by Crippen LogP contribution is 2.28. The number of aromatic nitrogens is 1. The first-order chi connectivity index (χ1) is 12.0. The minimum atomic E-state index is -0.808. The number of carboxylic acids is 1. The lowest BCUT2D eigenvalue weighted by Crippen LogP contribution is -2.14. The van der Waals surface area contributed by atoms with Gasteiger partial charge < -0.3 is 10.8 Å². The highest BCUT2D eigenvalue weighted by Gasteiger charge is 2.19. The molecule has 2 aromatic carbocycles. The number of hydrogen-bond donors (Lipinski definition) is 2. The van der Waals surface area contributed by atoms with Crippen molar-refractivity contribution >= 4 is 28.5 Å². The van der Waals surface area contributed by atoms with E-state index in [2.05, 4.69) is 0 Å². The molecule has 0 amide bonds. The molecule has 3 aromatic rings.